The number of anilines is 1. The van der Waals surface area contributed by atoms with Crippen LogP contribution < -0.4 is 24.8 Å². The molecule has 0 saturated heterocycles. The summed E-state index contributed by atoms with van der Waals surface area (Å²) in [5, 5.41) is 6.34. The van der Waals surface area contributed by atoms with Gasteiger partial charge in [-0.25, -0.2) is 0 Å². The first-order valence-corrected chi connectivity index (χ1v) is 8.10. The summed E-state index contributed by atoms with van der Waals surface area (Å²) in [6, 6.07) is 9.26. The van der Waals surface area contributed by atoms with Gasteiger partial charge in [-0.1, -0.05) is 12.1 Å². The highest BCUT2D eigenvalue weighted by Crippen LogP contribution is 2.38. The summed E-state index contributed by atoms with van der Waals surface area (Å²) in [7, 11) is 4.59. The van der Waals surface area contributed by atoms with Crippen LogP contribution in [0.1, 0.15) is 21.5 Å². The van der Waals surface area contributed by atoms with Crippen molar-refractivity contribution in [3.8, 4) is 17.2 Å². The average Bonchev–Trinajstić information content (AvgIpc) is 2.66. The van der Waals surface area contributed by atoms with Crippen molar-refractivity contribution in [1.82, 2.24) is 5.32 Å². The lowest BCUT2D eigenvalue weighted by Gasteiger charge is -2.21. The molecule has 1 aliphatic rings. The minimum atomic E-state index is -0.216. The third-order valence-corrected chi connectivity index (χ3v) is 4.32. The molecule has 140 valence electrons. The van der Waals surface area contributed by atoms with Gasteiger partial charge in [-0.2, -0.15) is 0 Å². The summed E-state index contributed by atoms with van der Waals surface area (Å²) in [5.74, 6) is 1.15. The van der Waals surface area contributed by atoms with Crippen LogP contribution in [0, 0.1) is 0 Å². The molecule has 1 heterocycles. The Bertz CT molecular complexity index is 770. The SMILES string of the molecule is COc1cc(C(=O)Nc2cccc3c2CCNC3)cc(OC)c1OC.Cl. The summed E-state index contributed by atoms with van der Waals surface area (Å²) < 4.78 is 15.9. The average molecular weight is 379 g/mol. The van der Waals surface area contributed by atoms with Crippen LogP contribution in [0.4, 0.5) is 5.69 Å². The van der Waals surface area contributed by atoms with Crippen LogP contribution in [0.3, 0.4) is 0 Å². The number of hydrogen-bond acceptors (Lipinski definition) is 5. The van der Waals surface area contributed by atoms with Gasteiger partial charge in [0, 0.05) is 17.8 Å². The molecule has 2 N–H and O–H groups in total. The van der Waals surface area contributed by atoms with Crippen LogP contribution in [0.2, 0.25) is 0 Å². The first-order valence-electron chi connectivity index (χ1n) is 8.10. The highest BCUT2D eigenvalue weighted by atomic mass is 35.5. The zero-order valence-electron chi connectivity index (χ0n) is 15.0. The molecule has 2 aromatic carbocycles. The molecule has 0 unspecified atom stereocenters. The fourth-order valence-electron chi connectivity index (χ4n) is 3.06. The van der Waals surface area contributed by atoms with Crippen LogP contribution in [0.25, 0.3) is 0 Å². The van der Waals surface area contributed by atoms with Crippen molar-refractivity contribution in [3.05, 3.63) is 47.0 Å². The van der Waals surface area contributed by atoms with Crippen molar-refractivity contribution in [3.63, 3.8) is 0 Å². The fraction of sp³-hybridized carbons (Fsp3) is 0.316. The van der Waals surface area contributed by atoms with Crippen molar-refractivity contribution in [1.29, 1.82) is 0 Å². The van der Waals surface area contributed by atoms with Crippen LogP contribution >= 0.6 is 12.4 Å². The van der Waals surface area contributed by atoms with Gasteiger partial charge in [-0.3, -0.25) is 4.79 Å². The van der Waals surface area contributed by atoms with E-state index >= 15 is 0 Å². The largest absolute Gasteiger partial charge is 0.493 e. The van der Waals surface area contributed by atoms with Crippen molar-refractivity contribution in [2.75, 3.05) is 33.2 Å². The predicted molar refractivity (Wildman–Crippen MR) is 103 cm³/mol. The van der Waals surface area contributed by atoms with Gasteiger partial charge in [0.15, 0.2) is 11.5 Å². The second-order valence-electron chi connectivity index (χ2n) is 5.74. The number of amides is 1. The topological polar surface area (TPSA) is 68.8 Å². The number of fused-ring (bicyclic) bond motifs is 1. The maximum absolute atomic E-state index is 12.8. The number of carbonyl (C=O) groups is 1. The standard InChI is InChI=1S/C19H22N2O4.ClH/c1-23-16-9-13(10-17(24-2)18(16)25-3)19(22)21-15-6-4-5-12-11-20-8-7-14(12)15;/h4-6,9-10,20H,7-8,11H2,1-3H3,(H,21,22);1H. The van der Waals surface area contributed by atoms with E-state index in [0.717, 1.165) is 25.2 Å². The van der Waals surface area contributed by atoms with Gasteiger partial charge in [0.05, 0.1) is 21.3 Å². The van der Waals surface area contributed by atoms with E-state index in [1.54, 1.807) is 12.1 Å². The normalized spacial score (nSPS) is 12.4. The Balaban J connectivity index is 0.00000243. The molecule has 3 rings (SSSR count). The summed E-state index contributed by atoms with van der Waals surface area (Å²) in [4.78, 5) is 12.8. The molecule has 0 radical (unpaired) electrons. The number of ether oxygens (including phenoxy) is 3. The Morgan fingerprint density at radius 2 is 1.77 bits per heavy atom. The van der Waals surface area contributed by atoms with Crippen LogP contribution in [0.5, 0.6) is 17.2 Å². The van der Waals surface area contributed by atoms with Gasteiger partial charge in [-0.05, 0) is 42.3 Å². The molecular weight excluding hydrogens is 356 g/mol. The van der Waals surface area contributed by atoms with Gasteiger partial charge in [0.25, 0.3) is 5.91 Å². The summed E-state index contributed by atoms with van der Waals surface area (Å²) in [6.07, 6.45) is 0.890. The molecule has 1 amide bonds. The number of benzene rings is 2. The second kappa shape index (κ2) is 8.78. The summed E-state index contributed by atoms with van der Waals surface area (Å²) in [5.41, 5.74) is 3.69. The quantitative estimate of drug-likeness (QED) is 0.837. The lowest BCUT2D eigenvalue weighted by molar-refractivity contribution is 0.102. The molecule has 0 spiro atoms. The molecule has 0 atom stereocenters. The van der Waals surface area contributed by atoms with E-state index in [4.69, 9.17) is 14.2 Å². The smallest absolute Gasteiger partial charge is 0.255 e. The molecule has 2 aromatic rings. The lowest BCUT2D eigenvalue weighted by Crippen LogP contribution is -2.25. The molecule has 6 nitrogen and oxygen atoms in total. The minimum Gasteiger partial charge on any atom is -0.493 e. The van der Waals surface area contributed by atoms with Crippen molar-refractivity contribution in [2.24, 2.45) is 0 Å². The number of carbonyl (C=O) groups excluding carboxylic acids is 1. The van der Waals surface area contributed by atoms with E-state index in [0.29, 0.717) is 22.8 Å². The van der Waals surface area contributed by atoms with Crippen LogP contribution in [0.15, 0.2) is 30.3 Å². The van der Waals surface area contributed by atoms with Crippen molar-refractivity contribution >= 4 is 24.0 Å². The molecule has 0 bridgehead atoms. The molecule has 0 saturated carbocycles. The van der Waals surface area contributed by atoms with E-state index in [1.165, 1.54) is 32.5 Å². The first kappa shape index (κ1) is 19.9. The highest BCUT2D eigenvalue weighted by Gasteiger charge is 2.19. The Kier molecular flexibility index (Phi) is 6.71. The number of rotatable bonds is 5. The Morgan fingerprint density at radius 3 is 2.38 bits per heavy atom. The molecule has 26 heavy (non-hydrogen) atoms. The third-order valence-electron chi connectivity index (χ3n) is 4.32. The Hall–Kier alpha value is -2.44. The molecule has 7 heteroatoms. The Morgan fingerprint density at radius 1 is 1.08 bits per heavy atom. The number of hydrogen-bond donors (Lipinski definition) is 2. The van der Waals surface area contributed by atoms with Gasteiger partial charge >= 0.3 is 0 Å². The number of methoxy groups -OCH3 is 3. The van der Waals surface area contributed by atoms with Crippen LogP contribution in [-0.4, -0.2) is 33.8 Å². The van der Waals surface area contributed by atoms with E-state index in [9.17, 15) is 4.79 Å². The maximum Gasteiger partial charge on any atom is 0.255 e. The minimum absolute atomic E-state index is 0. The molecule has 0 fully saturated rings. The van der Waals surface area contributed by atoms with Gasteiger partial charge in [0.1, 0.15) is 0 Å². The fourth-order valence-corrected chi connectivity index (χ4v) is 3.06. The van der Waals surface area contributed by atoms with Crippen molar-refractivity contribution < 1.29 is 19.0 Å². The Labute approximate surface area is 159 Å². The maximum atomic E-state index is 12.8. The van der Waals surface area contributed by atoms with Gasteiger partial charge in [0.2, 0.25) is 5.75 Å². The van der Waals surface area contributed by atoms with Gasteiger partial charge < -0.3 is 24.8 Å². The van der Waals surface area contributed by atoms with Crippen molar-refractivity contribution in [2.45, 2.75) is 13.0 Å². The first-order chi connectivity index (χ1) is 12.2. The number of nitrogens with one attached hydrogen (secondary N) is 2. The zero-order chi connectivity index (χ0) is 17.8. The summed E-state index contributed by atoms with van der Waals surface area (Å²) >= 11 is 0. The second-order valence-corrected chi connectivity index (χ2v) is 5.74. The predicted octanol–water partition coefficient (Wildman–Crippen LogP) is 3.03. The highest BCUT2D eigenvalue weighted by molar-refractivity contribution is 6.05. The van der Waals surface area contributed by atoms with E-state index < -0.39 is 0 Å². The monoisotopic (exact) mass is 378 g/mol. The van der Waals surface area contributed by atoms with Gasteiger partial charge in [-0.15, -0.1) is 12.4 Å². The molecule has 1 aliphatic heterocycles. The van der Waals surface area contributed by atoms with E-state index in [-0.39, 0.29) is 18.3 Å². The molecule has 0 aliphatic carbocycles. The lowest BCUT2D eigenvalue weighted by atomic mass is 9.99. The van der Waals surface area contributed by atoms with Crippen LogP contribution in [-0.2, 0) is 13.0 Å². The van der Waals surface area contributed by atoms with E-state index in [1.807, 2.05) is 12.1 Å². The molecule has 0 aromatic heterocycles. The molecular formula is C19H23ClN2O4. The zero-order valence-corrected chi connectivity index (χ0v) is 15.9. The third kappa shape index (κ3) is 3.86. The number of halogens is 1. The van der Waals surface area contributed by atoms with E-state index in [2.05, 4.69) is 16.7 Å². The summed E-state index contributed by atoms with van der Waals surface area (Å²) in [6.45, 7) is 1.73.